The Balaban J connectivity index is 0.000000730. The molecule has 0 aliphatic heterocycles. The molecule has 0 aliphatic rings. The molecule has 42 heavy (non-hydrogen) atoms. The number of aromatic nitrogens is 2. The number of aryl methyl sites for hydroxylation is 2. The zero-order valence-electron chi connectivity index (χ0n) is 24.8. The van der Waals surface area contributed by atoms with E-state index in [0.717, 1.165) is 20.2 Å². The Hall–Kier alpha value is -4.31. The van der Waals surface area contributed by atoms with Gasteiger partial charge in [0.05, 0.1) is 7.11 Å². The molecule has 0 atom stereocenters. The zero-order chi connectivity index (χ0) is 30.5. The SMILES string of the molecule is CN(CCN(C)c1ccc(/C=C/c2cc[n+](C)cc2)cc1)c1ccc(/C=C/c2cc[n+](C)cc2)cc1.COS(=O)(=O)[O-]. The van der Waals surface area contributed by atoms with E-state index < -0.39 is 10.4 Å². The average Bonchev–Trinajstić information content (AvgIpc) is 2.99. The van der Waals surface area contributed by atoms with Crippen molar-refractivity contribution in [3.63, 3.8) is 0 Å². The standard InChI is InChI=1S/C32H36N4.CH4O4S/c1-33-21-17-29(18-22-33)7-5-27-9-13-31(14-10-27)35(3)25-26-36(4)32-15-11-28(12-16-32)6-8-30-19-23-34(2)24-20-30;1-5-6(2,3)4/h5-24H,25-26H2,1-4H3;1H3,(H,2,3,4)/q+2;/p-1. The normalized spacial score (nSPS) is 11.4. The maximum Gasteiger partial charge on any atom is 0.217 e. The van der Waals surface area contributed by atoms with Crippen LogP contribution in [0.2, 0.25) is 0 Å². The number of likely N-dealkylation sites (N-methyl/N-ethyl adjacent to an activating group) is 2. The smallest absolute Gasteiger partial charge is 0.217 e. The molecule has 0 saturated carbocycles. The van der Waals surface area contributed by atoms with Crippen molar-refractivity contribution in [2.75, 3.05) is 44.1 Å². The first-order chi connectivity index (χ1) is 20.0. The Morgan fingerprint density at radius 3 is 1.14 bits per heavy atom. The van der Waals surface area contributed by atoms with E-state index in [1.165, 1.54) is 33.6 Å². The minimum Gasteiger partial charge on any atom is -0.726 e. The van der Waals surface area contributed by atoms with E-state index in [4.69, 9.17) is 0 Å². The van der Waals surface area contributed by atoms with Crippen LogP contribution in [0.4, 0.5) is 11.4 Å². The van der Waals surface area contributed by atoms with E-state index in [0.29, 0.717) is 0 Å². The highest BCUT2D eigenvalue weighted by molar-refractivity contribution is 7.80. The second-order valence-electron chi connectivity index (χ2n) is 9.86. The van der Waals surface area contributed by atoms with Crippen molar-refractivity contribution in [1.82, 2.24) is 0 Å². The molecule has 2 heterocycles. The average molecular weight is 588 g/mol. The van der Waals surface area contributed by atoms with Crippen LogP contribution >= 0.6 is 0 Å². The first-order valence-electron chi connectivity index (χ1n) is 13.4. The fourth-order valence-corrected chi connectivity index (χ4v) is 3.87. The van der Waals surface area contributed by atoms with Gasteiger partial charge in [0.2, 0.25) is 10.4 Å². The molecule has 0 amide bonds. The van der Waals surface area contributed by atoms with Crippen LogP contribution in [0.15, 0.2) is 97.6 Å². The predicted octanol–water partition coefficient (Wildman–Crippen LogP) is 4.34. The molecule has 0 fully saturated rings. The van der Waals surface area contributed by atoms with Crippen LogP contribution in [0.5, 0.6) is 0 Å². The van der Waals surface area contributed by atoms with Gasteiger partial charge in [0.15, 0.2) is 24.8 Å². The van der Waals surface area contributed by atoms with Crippen molar-refractivity contribution in [3.05, 3.63) is 120 Å². The van der Waals surface area contributed by atoms with Crippen molar-refractivity contribution in [2.45, 2.75) is 0 Å². The third-order valence-electron chi connectivity index (χ3n) is 6.59. The lowest BCUT2D eigenvalue weighted by atomic mass is 10.1. The molecule has 2 aromatic carbocycles. The highest BCUT2D eigenvalue weighted by Gasteiger charge is 2.05. The van der Waals surface area contributed by atoms with Gasteiger partial charge in [0.1, 0.15) is 14.1 Å². The summed E-state index contributed by atoms with van der Waals surface area (Å²) >= 11 is 0. The maximum absolute atomic E-state index is 9.22. The second-order valence-corrected chi connectivity index (χ2v) is 11.0. The summed E-state index contributed by atoms with van der Waals surface area (Å²) in [5.41, 5.74) is 7.25. The van der Waals surface area contributed by atoms with Gasteiger partial charge in [-0.25, -0.2) is 17.6 Å². The monoisotopic (exact) mass is 587 g/mol. The van der Waals surface area contributed by atoms with Gasteiger partial charge in [-0.05, 0) is 46.5 Å². The van der Waals surface area contributed by atoms with Crippen molar-refractivity contribution in [2.24, 2.45) is 14.1 Å². The topological polar surface area (TPSA) is 80.7 Å². The van der Waals surface area contributed by atoms with E-state index in [1.807, 2.05) is 23.2 Å². The van der Waals surface area contributed by atoms with Gasteiger partial charge in [-0.2, -0.15) is 0 Å². The van der Waals surface area contributed by atoms with Gasteiger partial charge in [0, 0.05) is 62.8 Å². The summed E-state index contributed by atoms with van der Waals surface area (Å²) in [6.45, 7) is 1.89. The lowest BCUT2D eigenvalue weighted by Crippen LogP contribution is -2.30. The van der Waals surface area contributed by atoms with Gasteiger partial charge in [-0.15, -0.1) is 0 Å². The number of pyridine rings is 2. The number of rotatable bonds is 10. The molecule has 0 saturated heterocycles. The second kappa shape index (κ2) is 15.6. The van der Waals surface area contributed by atoms with Crippen LogP contribution in [0.3, 0.4) is 0 Å². The predicted molar refractivity (Wildman–Crippen MR) is 169 cm³/mol. The Labute approximate surface area is 250 Å². The molecule has 0 N–H and O–H groups in total. The van der Waals surface area contributed by atoms with E-state index in [-0.39, 0.29) is 0 Å². The molecule has 0 bridgehead atoms. The Bertz CT molecular complexity index is 1450. The molecule has 220 valence electrons. The maximum atomic E-state index is 9.22. The highest BCUT2D eigenvalue weighted by atomic mass is 32.3. The number of anilines is 2. The molecule has 0 aliphatic carbocycles. The molecule has 0 unspecified atom stereocenters. The summed E-state index contributed by atoms with van der Waals surface area (Å²) in [7, 11) is 4.76. The summed E-state index contributed by atoms with van der Waals surface area (Å²) in [5.74, 6) is 0. The van der Waals surface area contributed by atoms with E-state index in [1.54, 1.807) is 0 Å². The van der Waals surface area contributed by atoms with Crippen LogP contribution in [0, 0.1) is 0 Å². The van der Waals surface area contributed by atoms with Crippen molar-refractivity contribution < 1.29 is 26.3 Å². The lowest BCUT2D eigenvalue weighted by molar-refractivity contribution is -0.671. The van der Waals surface area contributed by atoms with Crippen molar-refractivity contribution in [3.8, 4) is 0 Å². The zero-order valence-corrected chi connectivity index (χ0v) is 25.6. The Kier molecular flexibility index (Phi) is 12.0. The van der Waals surface area contributed by atoms with Crippen molar-refractivity contribution >= 4 is 46.1 Å². The molecule has 0 spiro atoms. The molecular weight excluding hydrogens is 548 g/mol. The lowest BCUT2D eigenvalue weighted by Gasteiger charge is -2.25. The van der Waals surface area contributed by atoms with E-state index in [9.17, 15) is 13.0 Å². The minimum absolute atomic E-state index is 0.808. The van der Waals surface area contributed by atoms with Gasteiger partial charge in [-0.3, -0.25) is 4.18 Å². The molecule has 4 rings (SSSR count). The fourth-order valence-electron chi connectivity index (χ4n) is 3.87. The molecule has 4 aromatic rings. The summed E-state index contributed by atoms with van der Waals surface area (Å²) in [5, 5.41) is 0. The molecule has 2 aromatic heterocycles. The van der Waals surface area contributed by atoms with E-state index >= 15 is 0 Å². The number of nitrogens with zero attached hydrogens (tertiary/aromatic N) is 4. The van der Waals surface area contributed by atoms with Gasteiger partial charge in [-0.1, -0.05) is 48.6 Å². The molecule has 0 radical (unpaired) electrons. The van der Waals surface area contributed by atoms with Crippen LogP contribution in [0.25, 0.3) is 24.3 Å². The summed E-state index contributed by atoms with van der Waals surface area (Å²) in [6.07, 6.45) is 16.9. The van der Waals surface area contributed by atoms with Crippen LogP contribution in [-0.4, -0.2) is 47.3 Å². The quantitative estimate of drug-likeness (QED) is 0.156. The summed E-state index contributed by atoms with van der Waals surface area (Å²) in [4.78, 5) is 4.61. The summed E-state index contributed by atoms with van der Waals surface area (Å²) in [6, 6.07) is 25.9. The number of hydrogen-bond donors (Lipinski definition) is 0. The fraction of sp³-hybridized carbons (Fsp3) is 0.212. The largest absolute Gasteiger partial charge is 0.726 e. The third kappa shape index (κ3) is 11.3. The number of benzene rings is 2. The third-order valence-corrected chi connectivity index (χ3v) is 7.00. The first kappa shape index (κ1) is 32.2. The minimum atomic E-state index is -4.41. The first-order valence-corrected chi connectivity index (χ1v) is 14.8. The van der Waals surface area contributed by atoms with Crippen LogP contribution in [-0.2, 0) is 28.7 Å². The Morgan fingerprint density at radius 2 is 0.881 bits per heavy atom. The molecule has 9 heteroatoms. The van der Waals surface area contributed by atoms with Gasteiger partial charge in [0.25, 0.3) is 0 Å². The van der Waals surface area contributed by atoms with Crippen molar-refractivity contribution in [1.29, 1.82) is 0 Å². The number of hydrogen-bond acceptors (Lipinski definition) is 6. The summed E-state index contributed by atoms with van der Waals surface area (Å²) < 4.78 is 35.1. The van der Waals surface area contributed by atoms with E-state index in [2.05, 4.69) is 150 Å². The highest BCUT2D eigenvalue weighted by Crippen LogP contribution is 2.18. The van der Waals surface area contributed by atoms with Crippen LogP contribution < -0.4 is 18.9 Å². The van der Waals surface area contributed by atoms with Crippen LogP contribution in [0.1, 0.15) is 22.3 Å². The van der Waals surface area contributed by atoms with Gasteiger partial charge >= 0.3 is 0 Å². The molecular formula is C33H39N4O4S+. The molecule has 8 nitrogen and oxygen atoms in total. The Morgan fingerprint density at radius 1 is 0.619 bits per heavy atom. The van der Waals surface area contributed by atoms with Gasteiger partial charge < -0.3 is 14.4 Å².